The van der Waals surface area contributed by atoms with Crippen molar-refractivity contribution in [2.24, 2.45) is 0 Å². The number of hydroxylamine groups is 1. The van der Waals surface area contributed by atoms with Gasteiger partial charge in [0.25, 0.3) is 5.91 Å². The molecule has 0 radical (unpaired) electrons. The minimum atomic E-state index is -0.527. The van der Waals surface area contributed by atoms with Crippen LogP contribution in [-0.2, 0) is 17.6 Å². The molecule has 2 aromatic carbocycles. The van der Waals surface area contributed by atoms with Crippen LogP contribution in [0, 0.1) is 0 Å². The van der Waals surface area contributed by atoms with Crippen molar-refractivity contribution < 1.29 is 14.7 Å². The molecule has 0 aliphatic heterocycles. The zero-order chi connectivity index (χ0) is 22.2. The third kappa shape index (κ3) is 5.34. The summed E-state index contributed by atoms with van der Waals surface area (Å²) in [5.41, 5.74) is 7.61. The van der Waals surface area contributed by atoms with Crippen LogP contribution in [0.2, 0.25) is 0 Å². The van der Waals surface area contributed by atoms with Crippen molar-refractivity contribution in [3.63, 3.8) is 0 Å². The second-order valence-electron chi connectivity index (χ2n) is 7.29. The van der Waals surface area contributed by atoms with Crippen LogP contribution in [0.5, 0.6) is 5.75 Å². The predicted octanol–water partition coefficient (Wildman–Crippen LogP) is 4.54. The Labute approximate surface area is 183 Å². The number of benzene rings is 2. The van der Waals surface area contributed by atoms with Crippen molar-refractivity contribution in [2.45, 2.75) is 39.2 Å². The quantitative estimate of drug-likeness (QED) is 0.256. The number of aromatic nitrogens is 1. The highest BCUT2D eigenvalue weighted by Crippen LogP contribution is 2.32. The van der Waals surface area contributed by atoms with Crippen molar-refractivity contribution in [3.05, 3.63) is 70.9 Å². The van der Waals surface area contributed by atoms with Crippen LogP contribution in [0.4, 0.5) is 0 Å². The van der Waals surface area contributed by atoms with Gasteiger partial charge in [-0.15, -0.1) is 0 Å². The van der Waals surface area contributed by atoms with Crippen LogP contribution < -0.4 is 15.5 Å². The van der Waals surface area contributed by atoms with Gasteiger partial charge in [-0.2, -0.15) is 0 Å². The Balaban J connectivity index is 0.00000132. The Morgan fingerprint density at radius 3 is 2.87 bits per heavy atom. The molecule has 6 nitrogen and oxygen atoms in total. The summed E-state index contributed by atoms with van der Waals surface area (Å²) in [6.45, 7) is 4.90. The van der Waals surface area contributed by atoms with Crippen molar-refractivity contribution in [3.8, 4) is 5.75 Å². The van der Waals surface area contributed by atoms with Gasteiger partial charge in [0.2, 0.25) is 0 Å². The van der Waals surface area contributed by atoms with Crippen LogP contribution in [0.15, 0.2) is 48.7 Å². The lowest BCUT2D eigenvalue weighted by Crippen LogP contribution is -2.21. The van der Waals surface area contributed by atoms with Crippen LogP contribution in [0.1, 0.15) is 48.6 Å². The minimum Gasteiger partial charge on any atom is -0.497 e. The van der Waals surface area contributed by atoms with Gasteiger partial charge in [-0.05, 0) is 66.3 Å². The Morgan fingerprint density at radius 1 is 1.26 bits per heavy atom. The molecule has 31 heavy (non-hydrogen) atoms. The number of aryl methyl sites for hydroxylation is 1. The van der Waals surface area contributed by atoms with E-state index in [9.17, 15) is 4.79 Å². The third-order valence-corrected chi connectivity index (χ3v) is 5.54. The number of H-pyrrole nitrogens is 1. The van der Waals surface area contributed by atoms with Crippen molar-refractivity contribution >= 4 is 22.9 Å². The molecule has 4 N–H and O–H groups in total. The highest BCUT2D eigenvalue weighted by atomic mass is 16.5. The fourth-order valence-electron chi connectivity index (χ4n) is 4.04. The lowest BCUT2D eigenvalue weighted by molar-refractivity contribution is -0.124. The molecule has 6 heteroatoms. The second-order valence-corrected chi connectivity index (χ2v) is 7.29. The number of hydrogen-bond donors (Lipinski definition) is 4. The first-order chi connectivity index (χ1) is 15.2. The van der Waals surface area contributed by atoms with Crippen LogP contribution in [-0.4, -0.2) is 29.8 Å². The lowest BCUT2D eigenvalue weighted by atomic mass is 10.0. The van der Waals surface area contributed by atoms with E-state index in [1.54, 1.807) is 18.7 Å². The van der Waals surface area contributed by atoms with Gasteiger partial charge in [0.1, 0.15) is 5.75 Å². The Bertz CT molecular complexity index is 1060. The maximum atomic E-state index is 11.1. The number of ether oxygens (including phenoxy) is 1. The summed E-state index contributed by atoms with van der Waals surface area (Å²) >= 11 is 0. The number of hydrogen-bond acceptors (Lipinski definition) is 4. The number of carbonyl (C=O) groups excluding carboxylic acids is 1. The van der Waals surface area contributed by atoms with Crippen LogP contribution >= 0.6 is 0 Å². The van der Waals surface area contributed by atoms with Crippen LogP contribution in [0.25, 0.3) is 17.0 Å². The fourth-order valence-corrected chi connectivity index (χ4v) is 4.04. The van der Waals surface area contributed by atoms with Gasteiger partial charge in [-0.3, -0.25) is 10.0 Å². The lowest BCUT2D eigenvalue weighted by Gasteiger charge is -2.14. The highest BCUT2D eigenvalue weighted by molar-refractivity contribution is 5.90. The highest BCUT2D eigenvalue weighted by Gasteiger charge is 2.21. The summed E-state index contributed by atoms with van der Waals surface area (Å²) in [7, 11) is 1.68. The number of amides is 1. The van der Waals surface area contributed by atoms with Crippen molar-refractivity contribution in [2.75, 3.05) is 13.7 Å². The minimum absolute atomic E-state index is 0.356. The summed E-state index contributed by atoms with van der Waals surface area (Å²) in [4.78, 5) is 14.5. The zero-order valence-corrected chi connectivity index (χ0v) is 18.4. The molecular formula is C25H31N3O3. The van der Waals surface area contributed by atoms with E-state index in [1.165, 1.54) is 28.2 Å². The number of nitrogens with one attached hydrogen (secondary N) is 3. The summed E-state index contributed by atoms with van der Waals surface area (Å²) < 4.78 is 5.29. The summed E-state index contributed by atoms with van der Waals surface area (Å²) in [6, 6.07) is 12.7. The molecular weight excluding hydrogens is 390 g/mol. The maximum absolute atomic E-state index is 11.1. The number of carbonyl (C=O) groups is 1. The van der Waals surface area contributed by atoms with E-state index in [0.717, 1.165) is 42.6 Å². The SMILES string of the molecule is CC.COc1ccc2c(CCNC3CCc4cc(/C=C/C(=O)NO)ccc43)c[nH]c2c1. The zero-order valence-electron chi connectivity index (χ0n) is 18.4. The van der Waals surface area contributed by atoms with Gasteiger partial charge < -0.3 is 15.0 Å². The van der Waals surface area contributed by atoms with E-state index in [-0.39, 0.29) is 0 Å². The first-order valence-electron chi connectivity index (χ1n) is 10.8. The van der Waals surface area contributed by atoms with Gasteiger partial charge >= 0.3 is 0 Å². The Morgan fingerprint density at radius 2 is 2.10 bits per heavy atom. The van der Waals surface area contributed by atoms with Crippen molar-refractivity contribution in [1.29, 1.82) is 0 Å². The molecule has 3 aromatic rings. The molecule has 1 heterocycles. The molecule has 1 aromatic heterocycles. The first kappa shape index (κ1) is 22.6. The van der Waals surface area contributed by atoms with Crippen molar-refractivity contribution in [1.82, 2.24) is 15.8 Å². The molecule has 0 spiro atoms. The molecule has 164 valence electrons. The molecule has 4 rings (SSSR count). The molecule has 0 fully saturated rings. The molecule has 1 aliphatic rings. The van der Waals surface area contributed by atoms with Gasteiger partial charge in [0.15, 0.2) is 0 Å². The standard InChI is InChI=1S/C23H25N3O3.C2H6/c1-29-18-5-7-20-17(14-25-22(20)13-18)10-11-24-21-8-4-16-12-15(2-6-19(16)21)3-9-23(27)26-28;1-2/h2-3,5-7,9,12-14,21,24-25,28H,4,8,10-11H2,1H3,(H,26,27);1-2H3/b9-3+;. The van der Waals surface area contributed by atoms with E-state index < -0.39 is 5.91 Å². The van der Waals surface area contributed by atoms with E-state index in [4.69, 9.17) is 9.94 Å². The van der Waals surface area contributed by atoms with Gasteiger partial charge in [0, 0.05) is 35.3 Å². The summed E-state index contributed by atoms with van der Waals surface area (Å²) in [5, 5.41) is 13.5. The predicted molar refractivity (Wildman–Crippen MR) is 124 cm³/mol. The maximum Gasteiger partial charge on any atom is 0.267 e. The topological polar surface area (TPSA) is 86.4 Å². The van der Waals surface area contributed by atoms with E-state index in [2.05, 4.69) is 34.7 Å². The number of fused-ring (bicyclic) bond motifs is 2. The van der Waals surface area contributed by atoms with E-state index in [0.29, 0.717) is 6.04 Å². The smallest absolute Gasteiger partial charge is 0.267 e. The molecule has 1 atom stereocenters. The first-order valence-corrected chi connectivity index (χ1v) is 10.8. The van der Waals surface area contributed by atoms with Crippen LogP contribution in [0.3, 0.4) is 0 Å². The second kappa shape index (κ2) is 10.8. The number of aromatic amines is 1. The number of rotatable bonds is 7. The number of methoxy groups -OCH3 is 1. The van der Waals surface area contributed by atoms with Gasteiger partial charge in [-0.1, -0.05) is 32.0 Å². The molecule has 1 unspecified atom stereocenters. The molecule has 1 amide bonds. The largest absolute Gasteiger partial charge is 0.497 e. The fraction of sp³-hybridized carbons (Fsp3) is 0.320. The molecule has 0 saturated carbocycles. The monoisotopic (exact) mass is 421 g/mol. The molecule has 0 bridgehead atoms. The Kier molecular flexibility index (Phi) is 7.87. The average molecular weight is 422 g/mol. The third-order valence-electron chi connectivity index (χ3n) is 5.54. The van der Waals surface area contributed by atoms with Gasteiger partial charge in [-0.25, -0.2) is 5.48 Å². The summed E-state index contributed by atoms with van der Waals surface area (Å²) in [6.07, 6.45) is 8.16. The summed E-state index contributed by atoms with van der Waals surface area (Å²) in [5.74, 6) is 0.332. The average Bonchev–Trinajstić information content (AvgIpc) is 3.42. The van der Waals surface area contributed by atoms with Gasteiger partial charge in [0.05, 0.1) is 7.11 Å². The molecule has 1 aliphatic carbocycles. The normalized spacial score (nSPS) is 14.9. The van der Waals surface area contributed by atoms with E-state index in [1.807, 2.05) is 32.0 Å². The van der Waals surface area contributed by atoms with E-state index >= 15 is 0 Å². The molecule has 0 saturated heterocycles. The Hall–Kier alpha value is -3.09.